The predicted molar refractivity (Wildman–Crippen MR) is 68.7 cm³/mol. The van der Waals surface area contributed by atoms with Gasteiger partial charge in [0.1, 0.15) is 0 Å². The first-order valence-corrected chi connectivity index (χ1v) is 7.02. The van der Waals surface area contributed by atoms with Crippen LogP contribution in [0.3, 0.4) is 0 Å². The zero-order chi connectivity index (χ0) is 12.1. The maximum atomic E-state index is 11.6. The number of rotatable bonds is 4. The van der Waals surface area contributed by atoms with Gasteiger partial charge < -0.3 is 16.4 Å². The third kappa shape index (κ3) is 3.87. The minimum absolute atomic E-state index is 0.0237. The van der Waals surface area contributed by atoms with E-state index in [0.29, 0.717) is 12.0 Å². The molecule has 0 aromatic rings. The van der Waals surface area contributed by atoms with Crippen LogP contribution >= 0.6 is 0 Å². The van der Waals surface area contributed by atoms with Crippen LogP contribution in [0.2, 0.25) is 0 Å². The molecule has 0 saturated heterocycles. The highest BCUT2D eigenvalue weighted by molar-refractivity contribution is 5.74. The van der Waals surface area contributed by atoms with Gasteiger partial charge in [0.25, 0.3) is 0 Å². The van der Waals surface area contributed by atoms with Gasteiger partial charge in [-0.05, 0) is 63.3 Å². The van der Waals surface area contributed by atoms with Crippen molar-refractivity contribution in [2.24, 2.45) is 17.6 Å². The summed E-state index contributed by atoms with van der Waals surface area (Å²) in [6.07, 6.45) is 8.44. The summed E-state index contributed by atoms with van der Waals surface area (Å²) in [4.78, 5) is 11.6. The average Bonchev–Trinajstić information content (AvgIpc) is 2.32. The van der Waals surface area contributed by atoms with Crippen molar-refractivity contribution < 1.29 is 4.79 Å². The summed E-state index contributed by atoms with van der Waals surface area (Å²) in [5.41, 5.74) is 5.67. The van der Waals surface area contributed by atoms with Gasteiger partial charge in [0.15, 0.2) is 0 Å². The molecule has 0 aliphatic heterocycles. The highest BCUT2D eigenvalue weighted by atomic mass is 16.2. The molecule has 0 aromatic heterocycles. The van der Waals surface area contributed by atoms with Gasteiger partial charge in [-0.2, -0.15) is 0 Å². The molecule has 0 aromatic carbocycles. The smallest absolute Gasteiger partial charge is 0.315 e. The first-order valence-electron chi connectivity index (χ1n) is 7.02. The number of hydrogen-bond donors (Lipinski definition) is 3. The molecule has 0 atom stereocenters. The Morgan fingerprint density at radius 1 is 1.06 bits per heavy atom. The number of nitrogens with one attached hydrogen (secondary N) is 2. The minimum atomic E-state index is 0.0237. The van der Waals surface area contributed by atoms with Crippen LogP contribution in [0, 0.1) is 11.8 Å². The highest BCUT2D eigenvalue weighted by Gasteiger charge is 2.22. The first kappa shape index (κ1) is 12.7. The molecular weight excluding hydrogens is 214 g/mol. The fraction of sp³-hybridized carbons (Fsp3) is 0.923. The lowest BCUT2D eigenvalue weighted by Crippen LogP contribution is -2.46. The molecule has 2 fully saturated rings. The Kier molecular flexibility index (Phi) is 4.66. The lowest BCUT2D eigenvalue weighted by molar-refractivity contribution is 0.220. The second-order valence-electron chi connectivity index (χ2n) is 5.60. The van der Waals surface area contributed by atoms with E-state index in [1.165, 1.54) is 32.1 Å². The molecule has 0 heterocycles. The van der Waals surface area contributed by atoms with Crippen molar-refractivity contribution in [3.05, 3.63) is 0 Å². The summed E-state index contributed by atoms with van der Waals surface area (Å²) in [6.45, 7) is 1.65. The van der Waals surface area contributed by atoms with Crippen LogP contribution in [0.4, 0.5) is 4.79 Å². The Hall–Kier alpha value is -0.770. The molecule has 0 bridgehead atoms. The van der Waals surface area contributed by atoms with Gasteiger partial charge in [0, 0.05) is 12.6 Å². The summed E-state index contributed by atoms with van der Waals surface area (Å²) in [5, 5.41) is 6.01. The number of amides is 2. The second-order valence-corrected chi connectivity index (χ2v) is 5.60. The summed E-state index contributed by atoms with van der Waals surface area (Å²) >= 11 is 0. The number of nitrogens with two attached hydrogens (primary N) is 1. The molecule has 0 unspecified atom stereocenters. The zero-order valence-corrected chi connectivity index (χ0v) is 10.6. The number of carbonyl (C=O) groups is 1. The van der Waals surface area contributed by atoms with Gasteiger partial charge in [0.05, 0.1) is 0 Å². The van der Waals surface area contributed by atoms with E-state index < -0.39 is 0 Å². The SMILES string of the molecule is NCC1CCC(CNC(=O)NC2CCC2)CC1. The van der Waals surface area contributed by atoms with Crippen molar-refractivity contribution >= 4 is 6.03 Å². The molecular formula is C13H25N3O. The Balaban J connectivity index is 1.56. The summed E-state index contributed by atoms with van der Waals surface area (Å²) in [6, 6.07) is 0.457. The zero-order valence-electron chi connectivity index (χ0n) is 10.6. The molecule has 0 radical (unpaired) electrons. The third-order valence-corrected chi connectivity index (χ3v) is 4.29. The Bertz CT molecular complexity index is 245. The Morgan fingerprint density at radius 3 is 2.24 bits per heavy atom. The predicted octanol–water partition coefficient (Wildman–Crippen LogP) is 1.60. The molecule has 17 heavy (non-hydrogen) atoms. The van der Waals surface area contributed by atoms with Gasteiger partial charge in [-0.15, -0.1) is 0 Å². The molecule has 4 heteroatoms. The Labute approximate surface area is 104 Å². The van der Waals surface area contributed by atoms with E-state index in [2.05, 4.69) is 10.6 Å². The highest BCUT2D eigenvalue weighted by Crippen LogP contribution is 2.27. The molecule has 4 N–H and O–H groups in total. The monoisotopic (exact) mass is 239 g/mol. The van der Waals surface area contributed by atoms with E-state index >= 15 is 0 Å². The largest absolute Gasteiger partial charge is 0.338 e. The van der Waals surface area contributed by atoms with Gasteiger partial charge >= 0.3 is 6.03 Å². The van der Waals surface area contributed by atoms with Gasteiger partial charge in [-0.1, -0.05) is 0 Å². The van der Waals surface area contributed by atoms with Crippen molar-refractivity contribution in [3.63, 3.8) is 0 Å². The topological polar surface area (TPSA) is 67.1 Å². The molecule has 4 nitrogen and oxygen atoms in total. The maximum absolute atomic E-state index is 11.6. The van der Waals surface area contributed by atoms with E-state index in [1.807, 2.05) is 0 Å². The van der Waals surface area contributed by atoms with E-state index in [0.717, 1.165) is 31.8 Å². The maximum Gasteiger partial charge on any atom is 0.315 e. The van der Waals surface area contributed by atoms with E-state index in [-0.39, 0.29) is 6.03 Å². The third-order valence-electron chi connectivity index (χ3n) is 4.29. The van der Waals surface area contributed by atoms with E-state index in [4.69, 9.17) is 5.73 Å². The summed E-state index contributed by atoms with van der Waals surface area (Å²) in [7, 11) is 0. The quantitative estimate of drug-likeness (QED) is 0.697. The van der Waals surface area contributed by atoms with Gasteiger partial charge in [0.2, 0.25) is 0 Å². The van der Waals surface area contributed by atoms with Crippen molar-refractivity contribution in [3.8, 4) is 0 Å². The summed E-state index contributed by atoms with van der Waals surface area (Å²) < 4.78 is 0. The van der Waals surface area contributed by atoms with Crippen LogP contribution in [0.25, 0.3) is 0 Å². The fourth-order valence-corrected chi connectivity index (χ4v) is 2.70. The molecule has 2 aliphatic rings. The van der Waals surface area contributed by atoms with Crippen molar-refractivity contribution in [1.29, 1.82) is 0 Å². The molecule has 98 valence electrons. The van der Waals surface area contributed by atoms with Crippen LogP contribution in [-0.2, 0) is 0 Å². The van der Waals surface area contributed by atoms with Crippen molar-refractivity contribution in [2.45, 2.75) is 51.0 Å². The van der Waals surface area contributed by atoms with Gasteiger partial charge in [-0.25, -0.2) is 4.79 Å². The van der Waals surface area contributed by atoms with Crippen LogP contribution in [-0.4, -0.2) is 25.2 Å². The molecule has 2 amide bonds. The number of carbonyl (C=O) groups excluding carboxylic acids is 1. The number of urea groups is 1. The Morgan fingerprint density at radius 2 is 1.71 bits per heavy atom. The standard InChI is InChI=1S/C13H25N3O/c14-8-10-4-6-11(7-5-10)9-15-13(17)16-12-2-1-3-12/h10-12H,1-9,14H2,(H2,15,16,17). The van der Waals surface area contributed by atoms with E-state index in [1.54, 1.807) is 0 Å². The van der Waals surface area contributed by atoms with Crippen molar-refractivity contribution in [2.75, 3.05) is 13.1 Å². The lowest BCUT2D eigenvalue weighted by atomic mass is 9.82. The molecule has 0 spiro atoms. The minimum Gasteiger partial charge on any atom is -0.338 e. The first-order chi connectivity index (χ1) is 8.28. The lowest BCUT2D eigenvalue weighted by Gasteiger charge is -2.29. The molecule has 2 aliphatic carbocycles. The van der Waals surface area contributed by atoms with Crippen LogP contribution in [0.1, 0.15) is 44.9 Å². The normalized spacial score (nSPS) is 29.5. The van der Waals surface area contributed by atoms with Crippen molar-refractivity contribution in [1.82, 2.24) is 10.6 Å². The summed E-state index contributed by atoms with van der Waals surface area (Å²) in [5.74, 6) is 1.37. The van der Waals surface area contributed by atoms with Crippen LogP contribution in [0.15, 0.2) is 0 Å². The van der Waals surface area contributed by atoms with E-state index in [9.17, 15) is 4.79 Å². The number of hydrogen-bond acceptors (Lipinski definition) is 2. The molecule has 2 rings (SSSR count). The van der Waals surface area contributed by atoms with Gasteiger partial charge in [-0.3, -0.25) is 0 Å². The molecule has 2 saturated carbocycles. The average molecular weight is 239 g/mol. The van der Waals surface area contributed by atoms with Crippen LogP contribution in [0.5, 0.6) is 0 Å². The van der Waals surface area contributed by atoms with Crippen LogP contribution < -0.4 is 16.4 Å². The fourth-order valence-electron chi connectivity index (χ4n) is 2.70. The second kappa shape index (κ2) is 6.24.